The molecule has 0 saturated heterocycles. The lowest BCUT2D eigenvalue weighted by atomic mass is 10.2. The summed E-state index contributed by atoms with van der Waals surface area (Å²) in [7, 11) is 0. The topological polar surface area (TPSA) is 36.1 Å². The molecule has 0 aliphatic carbocycles. The fourth-order valence-electron chi connectivity index (χ4n) is 2.22. The molecule has 0 atom stereocenters. The van der Waals surface area contributed by atoms with Crippen LogP contribution in [-0.4, -0.2) is 10.5 Å². The van der Waals surface area contributed by atoms with E-state index in [9.17, 15) is 4.79 Å². The Kier molecular flexibility index (Phi) is 2.84. The highest BCUT2D eigenvalue weighted by molar-refractivity contribution is 6.34. The lowest BCUT2D eigenvalue weighted by molar-refractivity contribution is -0.356. The first-order valence-electron chi connectivity index (χ1n) is 5.97. The minimum atomic E-state index is -0.124. The third-order valence-electron chi connectivity index (χ3n) is 3.10. The van der Waals surface area contributed by atoms with E-state index in [-0.39, 0.29) is 5.91 Å². The molecule has 3 nitrogen and oxygen atoms in total. The van der Waals surface area contributed by atoms with Crippen LogP contribution in [0.5, 0.6) is 0 Å². The van der Waals surface area contributed by atoms with Crippen LogP contribution in [0.15, 0.2) is 48.5 Å². The molecule has 4 heteroatoms. The number of aromatic amines is 1. The van der Waals surface area contributed by atoms with Crippen molar-refractivity contribution in [2.24, 2.45) is 0 Å². The first-order chi connectivity index (χ1) is 9.18. The molecule has 0 spiro atoms. The molecule has 0 aliphatic rings. The molecule has 19 heavy (non-hydrogen) atoms. The minimum Gasteiger partial charge on any atom is -0.241 e. The number of hydrogen-bond acceptors (Lipinski definition) is 1. The molecule has 0 unspecified atom stereocenters. The number of fused-ring (bicyclic) bond motifs is 1. The standard InChI is InChI=1S/C15H11ClN2O/c1-10-17-13-8-4-5-9-14(13)18(10)15(19)11-6-2-3-7-12(11)16/h2-9H,1H3/p+1. The van der Waals surface area contributed by atoms with E-state index < -0.39 is 0 Å². The Balaban J connectivity index is 2.23. The van der Waals surface area contributed by atoms with E-state index in [4.69, 9.17) is 11.6 Å². The van der Waals surface area contributed by atoms with Crippen molar-refractivity contribution in [1.82, 2.24) is 4.57 Å². The predicted octanol–water partition coefficient (Wildman–Crippen LogP) is 3.11. The monoisotopic (exact) mass is 271 g/mol. The highest BCUT2D eigenvalue weighted by Crippen LogP contribution is 2.19. The van der Waals surface area contributed by atoms with Crippen molar-refractivity contribution >= 4 is 28.5 Å². The van der Waals surface area contributed by atoms with Gasteiger partial charge in [-0.3, -0.25) is 0 Å². The third kappa shape index (κ3) is 1.92. The first-order valence-corrected chi connectivity index (χ1v) is 6.35. The van der Waals surface area contributed by atoms with E-state index in [1.54, 1.807) is 16.7 Å². The molecule has 0 saturated carbocycles. The van der Waals surface area contributed by atoms with Crippen molar-refractivity contribution in [3.8, 4) is 0 Å². The van der Waals surface area contributed by atoms with E-state index >= 15 is 0 Å². The molecule has 0 radical (unpaired) electrons. The van der Waals surface area contributed by atoms with Gasteiger partial charge in [0.2, 0.25) is 0 Å². The zero-order valence-electron chi connectivity index (χ0n) is 10.4. The van der Waals surface area contributed by atoms with Gasteiger partial charge in [0, 0.05) is 6.92 Å². The summed E-state index contributed by atoms with van der Waals surface area (Å²) in [5.41, 5.74) is 2.28. The molecule has 1 heterocycles. The number of benzene rings is 2. The molecular weight excluding hydrogens is 260 g/mol. The number of carbonyl (C=O) groups excluding carboxylic acids is 1. The second kappa shape index (κ2) is 4.52. The normalized spacial score (nSPS) is 10.8. The van der Waals surface area contributed by atoms with Gasteiger partial charge in [0.1, 0.15) is 0 Å². The van der Waals surface area contributed by atoms with Crippen LogP contribution < -0.4 is 4.98 Å². The molecule has 3 rings (SSSR count). The zero-order valence-corrected chi connectivity index (χ0v) is 11.1. The molecule has 1 N–H and O–H groups in total. The number of H-pyrrole nitrogens is 1. The Hall–Kier alpha value is -2.13. The molecule has 0 amide bonds. The van der Waals surface area contributed by atoms with Crippen LogP contribution >= 0.6 is 11.6 Å². The van der Waals surface area contributed by atoms with Crippen LogP contribution in [0.3, 0.4) is 0 Å². The highest BCUT2D eigenvalue weighted by Gasteiger charge is 2.24. The highest BCUT2D eigenvalue weighted by atomic mass is 35.5. The van der Waals surface area contributed by atoms with Crippen LogP contribution in [-0.2, 0) is 0 Å². The maximum Gasteiger partial charge on any atom is 0.347 e. The predicted molar refractivity (Wildman–Crippen MR) is 74.4 cm³/mol. The quantitative estimate of drug-likeness (QED) is 0.670. The number of para-hydroxylation sites is 2. The number of hydrogen-bond donors (Lipinski definition) is 0. The largest absolute Gasteiger partial charge is 0.347 e. The Morgan fingerprint density at radius 2 is 1.79 bits per heavy atom. The summed E-state index contributed by atoms with van der Waals surface area (Å²) in [4.78, 5) is 15.8. The van der Waals surface area contributed by atoms with E-state index in [1.165, 1.54) is 0 Å². The number of nitrogens with zero attached hydrogens (tertiary/aromatic N) is 1. The minimum absolute atomic E-state index is 0.124. The maximum atomic E-state index is 12.6. The van der Waals surface area contributed by atoms with Crippen molar-refractivity contribution in [2.75, 3.05) is 0 Å². The number of aryl methyl sites for hydroxylation is 1. The summed E-state index contributed by atoms with van der Waals surface area (Å²) < 4.78 is 1.65. The number of rotatable bonds is 1. The van der Waals surface area contributed by atoms with Gasteiger partial charge in [-0.1, -0.05) is 35.9 Å². The smallest absolute Gasteiger partial charge is 0.241 e. The van der Waals surface area contributed by atoms with Gasteiger partial charge in [0.05, 0.1) is 10.6 Å². The number of halogens is 1. The summed E-state index contributed by atoms with van der Waals surface area (Å²) in [6.45, 7) is 1.87. The Morgan fingerprint density at radius 3 is 2.58 bits per heavy atom. The first kappa shape index (κ1) is 11.9. The van der Waals surface area contributed by atoms with Crippen molar-refractivity contribution in [3.63, 3.8) is 0 Å². The number of aromatic nitrogens is 2. The summed E-state index contributed by atoms with van der Waals surface area (Å²) in [5, 5.41) is 0.463. The van der Waals surface area contributed by atoms with E-state index in [0.717, 1.165) is 16.9 Å². The summed E-state index contributed by atoms with van der Waals surface area (Å²) in [6.07, 6.45) is 0. The molecule has 3 aromatic rings. The van der Waals surface area contributed by atoms with Crippen molar-refractivity contribution < 1.29 is 9.78 Å². The van der Waals surface area contributed by atoms with Gasteiger partial charge in [0.25, 0.3) is 5.82 Å². The number of carbonyl (C=O) groups is 1. The summed E-state index contributed by atoms with van der Waals surface area (Å²) >= 11 is 6.10. The summed E-state index contributed by atoms with van der Waals surface area (Å²) in [6, 6.07) is 14.8. The Labute approximate surface area is 115 Å². The van der Waals surface area contributed by atoms with E-state index in [1.807, 2.05) is 43.3 Å². The number of nitrogens with one attached hydrogen (secondary N) is 1. The lowest BCUT2D eigenvalue weighted by Crippen LogP contribution is -2.17. The molecule has 0 bridgehead atoms. The van der Waals surface area contributed by atoms with Crippen molar-refractivity contribution in [2.45, 2.75) is 6.92 Å². The Morgan fingerprint density at radius 1 is 1.11 bits per heavy atom. The van der Waals surface area contributed by atoms with Crippen molar-refractivity contribution in [3.05, 3.63) is 64.9 Å². The average Bonchev–Trinajstić information content (AvgIpc) is 2.74. The number of imidazole rings is 1. The van der Waals surface area contributed by atoms with Gasteiger partial charge in [0.15, 0.2) is 11.0 Å². The van der Waals surface area contributed by atoms with Gasteiger partial charge < -0.3 is 0 Å². The van der Waals surface area contributed by atoms with Crippen LogP contribution in [0.25, 0.3) is 11.0 Å². The van der Waals surface area contributed by atoms with Gasteiger partial charge in [-0.05, 0) is 24.3 Å². The van der Waals surface area contributed by atoms with E-state index in [0.29, 0.717) is 10.6 Å². The summed E-state index contributed by atoms with van der Waals surface area (Å²) in [5.74, 6) is 0.659. The molecule has 0 aliphatic heterocycles. The van der Waals surface area contributed by atoms with E-state index in [2.05, 4.69) is 4.98 Å². The molecule has 94 valence electrons. The molecular formula is C15H12ClN2O+. The zero-order chi connectivity index (χ0) is 13.4. The molecule has 2 aromatic carbocycles. The van der Waals surface area contributed by atoms with Crippen LogP contribution in [0, 0.1) is 6.92 Å². The second-order valence-corrected chi connectivity index (χ2v) is 4.76. The van der Waals surface area contributed by atoms with Crippen molar-refractivity contribution in [1.29, 1.82) is 0 Å². The lowest BCUT2D eigenvalue weighted by Gasteiger charge is -2.01. The van der Waals surface area contributed by atoms with Gasteiger partial charge in [-0.25, -0.2) is 9.78 Å². The molecule has 1 aromatic heterocycles. The average molecular weight is 272 g/mol. The van der Waals surface area contributed by atoms with Crippen LogP contribution in [0.2, 0.25) is 5.02 Å². The Bertz CT molecular complexity index is 777. The SMILES string of the molecule is Cc1[nH+]c2ccccc2n1C(=O)c1ccccc1Cl. The molecule has 0 fully saturated rings. The van der Waals surface area contributed by atoms with Crippen LogP contribution in [0.1, 0.15) is 16.2 Å². The maximum absolute atomic E-state index is 12.6. The fourth-order valence-corrected chi connectivity index (χ4v) is 2.44. The van der Waals surface area contributed by atoms with Gasteiger partial charge in [-0.2, -0.15) is 4.57 Å². The van der Waals surface area contributed by atoms with Gasteiger partial charge >= 0.3 is 5.91 Å². The van der Waals surface area contributed by atoms with Crippen LogP contribution in [0.4, 0.5) is 0 Å². The fraction of sp³-hybridized carbons (Fsp3) is 0.0667. The van der Waals surface area contributed by atoms with Gasteiger partial charge in [-0.15, -0.1) is 0 Å². The third-order valence-corrected chi connectivity index (χ3v) is 3.43. The second-order valence-electron chi connectivity index (χ2n) is 4.35.